The lowest BCUT2D eigenvalue weighted by atomic mass is 9.89. The second-order valence-corrected chi connectivity index (χ2v) is 4.89. The van der Waals surface area contributed by atoms with Crippen molar-refractivity contribution < 1.29 is 0 Å². The third-order valence-corrected chi connectivity index (χ3v) is 4.17. The third kappa shape index (κ3) is 1.91. The van der Waals surface area contributed by atoms with Gasteiger partial charge in [-0.15, -0.1) is 11.8 Å². The number of thioether (sulfide) groups is 1. The van der Waals surface area contributed by atoms with Crippen molar-refractivity contribution in [2.45, 2.75) is 37.5 Å². The summed E-state index contributed by atoms with van der Waals surface area (Å²) in [5, 5.41) is 4.40. The highest BCUT2D eigenvalue weighted by Crippen LogP contribution is 2.32. The van der Waals surface area contributed by atoms with E-state index in [1.54, 1.807) is 0 Å². The Kier molecular flexibility index (Phi) is 2.75. The van der Waals surface area contributed by atoms with E-state index in [2.05, 4.69) is 17.1 Å². The maximum Gasteiger partial charge on any atom is 0.0561 e. The molecule has 0 amide bonds. The van der Waals surface area contributed by atoms with Gasteiger partial charge in [0.1, 0.15) is 0 Å². The first-order chi connectivity index (χ1) is 5.47. The van der Waals surface area contributed by atoms with Crippen LogP contribution in [-0.4, -0.2) is 17.7 Å². The summed E-state index contributed by atoms with van der Waals surface area (Å²) in [5.41, 5.74) is 0. The minimum Gasteiger partial charge on any atom is -0.304 e. The molecule has 1 N–H and O–H groups in total. The van der Waals surface area contributed by atoms with Crippen molar-refractivity contribution in [1.29, 1.82) is 0 Å². The zero-order chi connectivity index (χ0) is 7.52. The minimum atomic E-state index is 0.815. The first-order valence-corrected chi connectivity index (χ1v) is 5.87. The van der Waals surface area contributed by atoms with Crippen LogP contribution in [0.2, 0.25) is 0 Å². The summed E-state index contributed by atoms with van der Waals surface area (Å²) in [6.45, 7) is 1.24. The van der Waals surface area contributed by atoms with Gasteiger partial charge in [0.05, 0.1) is 5.37 Å². The molecule has 1 saturated carbocycles. The lowest BCUT2D eigenvalue weighted by molar-refractivity contribution is 0.332. The SMILES string of the molecule is C1CCC(C2NCCS2)CC1. The second-order valence-electron chi connectivity index (χ2n) is 3.64. The van der Waals surface area contributed by atoms with E-state index in [0.717, 1.165) is 11.3 Å². The Balaban J connectivity index is 1.82. The van der Waals surface area contributed by atoms with E-state index in [1.807, 2.05) is 0 Å². The summed E-state index contributed by atoms with van der Waals surface area (Å²) < 4.78 is 0. The van der Waals surface area contributed by atoms with Crippen molar-refractivity contribution >= 4 is 11.8 Å². The predicted molar refractivity (Wildman–Crippen MR) is 50.8 cm³/mol. The number of rotatable bonds is 1. The van der Waals surface area contributed by atoms with Crippen LogP contribution in [0.3, 0.4) is 0 Å². The molecule has 1 saturated heterocycles. The van der Waals surface area contributed by atoms with Gasteiger partial charge < -0.3 is 5.32 Å². The fraction of sp³-hybridized carbons (Fsp3) is 1.00. The topological polar surface area (TPSA) is 12.0 Å². The van der Waals surface area contributed by atoms with E-state index in [1.165, 1.54) is 44.4 Å². The minimum absolute atomic E-state index is 0.815. The summed E-state index contributed by atoms with van der Waals surface area (Å²) in [6, 6.07) is 0. The van der Waals surface area contributed by atoms with Crippen LogP contribution in [0.4, 0.5) is 0 Å². The van der Waals surface area contributed by atoms with Crippen molar-refractivity contribution in [3.63, 3.8) is 0 Å². The van der Waals surface area contributed by atoms with Crippen molar-refractivity contribution in [1.82, 2.24) is 5.32 Å². The van der Waals surface area contributed by atoms with Gasteiger partial charge in [0, 0.05) is 12.3 Å². The average molecular weight is 171 g/mol. The summed E-state index contributed by atoms with van der Waals surface area (Å²) in [6.07, 6.45) is 7.38. The van der Waals surface area contributed by atoms with Gasteiger partial charge in [0.15, 0.2) is 0 Å². The molecule has 0 aromatic heterocycles. The first-order valence-electron chi connectivity index (χ1n) is 4.82. The maximum absolute atomic E-state index is 3.59. The molecule has 0 radical (unpaired) electrons. The van der Waals surface area contributed by atoms with Gasteiger partial charge in [-0.2, -0.15) is 0 Å². The second kappa shape index (κ2) is 3.81. The van der Waals surface area contributed by atoms with E-state index >= 15 is 0 Å². The molecule has 0 aromatic rings. The molecule has 0 spiro atoms. The standard InChI is InChI=1S/C9H17NS/c1-2-4-8(5-3-1)9-10-6-7-11-9/h8-10H,1-7H2. The van der Waals surface area contributed by atoms with Crippen molar-refractivity contribution in [3.8, 4) is 0 Å². The fourth-order valence-electron chi connectivity index (χ4n) is 2.19. The maximum atomic E-state index is 3.59. The zero-order valence-electron chi connectivity index (χ0n) is 7.01. The average Bonchev–Trinajstić information content (AvgIpc) is 2.58. The Hall–Kier alpha value is 0.310. The van der Waals surface area contributed by atoms with Gasteiger partial charge in [0.2, 0.25) is 0 Å². The molecule has 2 rings (SSSR count). The van der Waals surface area contributed by atoms with Gasteiger partial charge in [-0.05, 0) is 18.8 Å². The van der Waals surface area contributed by atoms with Crippen molar-refractivity contribution in [2.75, 3.05) is 12.3 Å². The lowest BCUT2D eigenvalue weighted by Gasteiger charge is -2.26. The van der Waals surface area contributed by atoms with E-state index in [0.29, 0.717) is 0 Å². The molecule has 1 atom stereocenters. The Labute approximate surface area is 73.3 Å². The van der Waals surface area contributed by atoms with Crippen LogP contribution in [0.1, 0.15) is 32.1 Å². The van der Waals surface area contributed by atoms with E-state index in [9.17, 15) is 0 Å². The molecule has 64 valence electrons. The smallest absolute Gasteiger partial charge is 0.0561 e. The summed E-state index contributed by atoms with van der Waals surface area (Å²) in [4.78, 5) is 0. The molecule has 2 fully saturated rings. The van der Waals surface area contributed by atoms with Crippen molar-refractivity contribution in [2.24, 2.45) is 5.92 Å². The quantitative estimate of drug-likeness (QED) is 0.649. The molecule has 1 nitrogen and oxygen atoms in total. The van der Waals surface area contributed by atoms with Gasteiger partial charge in [-0.3, -0.25) is 0 Å². The molecular weight excluding hydrogens is 154 g/mol. The molecule has 2 aliphatic rings. The fourth-order valence-corrected chi connectivity index (χ4v) is 3.46. The highest BCUT2D eigenvalue weighted by Gasteiger charge is 2.25. The van der Waals surface area contributed by atoms with Gasteiger partial charge in [-0.25, -0.2) is 0 Å². The molecule has 0 bridgehead atoms. The Morgan fingerprint density at radius 3 is 2.55 bits per heavy atom. The summed E-state index contributed by atoms with van der Waals surface area (Å²) in [5.74, 6) is 2.33. The van der Waals surface area contributed by atoms with Crippen LogP contribution in [0.15, 0.2) is 0 Å². The van der Waals surface area contributed by atoms with Crippen molar-refractivity contribution in [3.05, 3.63) is 0 Å². The van der Waals surface area contributed by atoms with E-state index in [4.69, 9.17) is 0 Å². The lowest BCUT2D eigenvalue weighted by Crippen LogP contribution is -2.29. The third-order valence-electron chi connectivity index (χ3n) is 2.82. The molecule has 1 aliphatic heterocycles. The molecular formula is C9H17NS. The number of hydrogen-bond donors (Lipinski definition) is 1. The van der Waals surface area contributed by atoms with Gasteiger partial charge in [0.25, 0.3) is 0 Å². The molecule has 1 heterocycles. The predicted octanol–water partition coefficient (Wildman–Crippen LogP) is 2.23. The molecule has 1 unspecified atom stereocenters. The first kappa shape index (κ1) is 7.93. The molecule has 2 heteroatoms. The zero-order valence-corrected chi connectivity index (χ0v) is 7.83. The van der Waals surface area contributed by atoms with E-state index in [-0.39, 0.29) is 0 Å². The van der Waals surface area contributed by atoms with E-state index < -0.39 is 0 Å². The normalized spacial score (nSPS) is 34.4. The monoisotopic (exact) mass is 171 g/mol. The van der Waals surface area contributed by atoms with Crippen LogP contribution < -0.4 is 5.32 Å². The number of hydrogen-bond acceptors (Lipinski definition) is 2. The van der Waals surface area contributed by atoms with Crippen LogP contribution in [0.5, 0.6) is 0 Å². The molecule has 11 heavy (non-hydrogen) atoms. The Morgan fingerprint density at radius 2 is 1.91 bits per heavy atom. The van der Waals surface area contributed by atoms with Crippen LogP contribution in [0, 0.1) is 5.92 Å². The summed E-state index contributed by atoms with van der Waals surface area (Å²) in [7, 11) is 0. The Morgan fingerprint density at radius 1 is 1.09 bits per heavy atom. The number of nitrogens with one attached hydrogen (secondary N) is 1. The van der Waals surface area contributed by atoms with Gasteiger partial charge in [-0.1, -0.05) is 19.3 Å². The summed E-state index contributed by atoms with van der Waals surface area (Å²) >= 11 is 2.14. The largest absolute Gasteiger partial charge is 0.304 e. The Bertz CT molecular complexity index is 115. The van der Waals surface area contributed by atoms with Crippen LogP contribution in [0.25, 0.3) is 0 Å². The highest BCUT2D eigenvalue weighted by molar-refractivity contribution is 8.00. The molecule has 0 aromatic carbocycles. The molecule has 1 aliphatic carbocycles. The van der Waals surface area contributed by atoms with Crippen LogP contribution in [-0.2, 0) is 0 Å². The highest BCUT2D eigenvalue weighted by atomic mass is 32.2. The van der Waals surface area contributed by atoms with Gasteiger partial charge >= 0.3 is 0 Å². The van der Waals surface area contributed by atoms with Crippen LogP contribution >= 0.6 is 11.8 Å².